The molecule has 2 unspecified atom stereocenters. The highest BCUT2D eigenvalue weighted by Crippen LogP contribution is 2.23. The molecule has 0 bridgehead atoms. The Labute approximate surface area is 170 Å². The maximum Gasteiger partial charge on any atom is 0.263 e. The minimum absolute atomic E-state index is 0.124. The number of carbonyl (C=O) groups is 3. The Morgan fingerprint density at radius 2 is 2.00 bits per heavy atom. The molecule has 2 N–H and O–H groups in total. The number of hydrogen-bond donors (Lipinski definition) is 2. The Bertz CT molecular complexity index is 904. The number of benzene rings is 1. The molecule has 0 spiro atoms. The van der Waals surface area contributed by atoms with Crippen LogP contribution in [0.2, 0.25) is 0 Å². The van der Waals surface area contributed by atoms with Crippen molar-refractivity contribution in [2.24, 2.45) is 5.92 Å². The molecule has 3 rings (SSSR count). The van der Waals surface area contributed by atoms with E-state index in [0.717, 1.165) is 12.1 Å². The third-order valence-corrected chi connectivity index (χ3v) is 5.74. The maximum absolute atomic E-state index is 13.6. The number of thiophene rings is 1. The number of carbonyl (C=O) groups excluding carboxylic acids is 3. The minimum atomic E-state index is -1.16. The van der Waals surface area contributed by atoms with Crippen molar-refractivity contribution in [3.63, 3.8) is 0 Å². The van der Waals surface area contributed by atoms with Crippen molar-refractivity contribution in [3.8, 4) is 0 Å². The van der Waals surface area contributed by atoms with Gasteiger partial charge < -0.3 is 15.5 Å². The summed E-state index contributed by atoms with van der Waals surface area (Å²) in [6, 6.07) is 5.43. The van der Waals surface area contributed by atoms with E-state index >= 15 is 0 Å². The third kappa shape index (κ3) is 4.79. The number of hydrogen-bond acceptors (Lipinski definition) is 4. The van der Waals surface area contributed by atoms with Crippen molar-refractivity contribution in [2.75, 3.05) is 20.1 Å². The van der Waals surface area contributed by atoms with E-state index in [1.807, 2.05) is 5.38 Å². The highest BCUT2D eigenvalue weighted by Gasteiger charge is 2.32. The van der Waals surface area contributed by atoms with Gasteiger partial charge in [0.05, 0.1) is 10.8 Å². The van der Waals surface area contributed by atoms with Gasteiger partial charge in [-0.1, -0.05) is 12.1 Å². The molecule has 2 heterocycles. The summed E-state index contributed by atoms with van der Waals surface area (Å²) in [6.45, 7) is 0.795. The molecule has 3 amide bonds. The van der Waals surface area contributed by atoms with Gasteiger partial charge in [-0.3, -0.25) is 14.4 Å². The lowest BCUT2D eigenvalue weighted by Gasteiger charge is -2.32. The van der Waals surface area contributed by atoms with E-state index in [9.17, 15) is 23.2 Å². The summed E-state index contributed by atoms with van der Waals surface area (Å²) < 4.78 is 26.8. The van der Waals surface area contributed by atoms with E-state index < -0.39 is 35.4 Å². The summed E-state index contributed by atoms with van der Waals surface area (Å²) in [7, 11) is 1.39. The van der Waals surface area contributed by atoms with Crippen LogP contribution in [0.4, 0.5) is 8.78 Å². The first-order chi connectivity index (χ1) is 13.9. The molecular weight excluding hydrogens is 400 g/mol. The lowest BCUT2D eigenvalue weighted by molar-refractivity contribution is -0.132. The molecule has 1 saturated heterocycles. The smallest absolute Gasteiger partial charge is 0.263 e. The van der Waals surface area contributed by atoms with E-state index in [-0.39, 0.29) is 18.0 Å². The van der Waals surface area contributed by atoms with Gasteiger partial charge in [-0.2, -0.15) is 0 Å². The minimum Gasteiger partial charge on any atom is -0.357 e. The summed E-state index contributed by atoms with van der Waals surface area (Å²) in [4.78, 5) is 39.9. The molecule has 29 heavy (non-hydrogen) atoms. The Kier molecular flexibility index (Phi) is 6.58. The SMILES string of the molecule is CNC(=O)C(NC(=O)C1CCCN(C(=O)c2cccs2)C1)c1ccc(F)c(F)c1. The normalized spacial score (nSPS) is 17.5. The largest absolute Gasteiger partial charge is 0.357 e. The molecule has 0 saturated carbocycles. The van der Waals surface area contributed by atoms with Crippen LogP contribution in [-0.4, -0.2) is 42.8 Å². The van der Waals surface area contributed by atoms with E-state index in [1.165, 1.54) is 24.5 Å². The van der Waals surface area contributed by atoms with Gasteiger partial charge in [0, 0.05) is 20.1 Å². The average Bonchev–Trinajstić information content (AvgIpc) is 3.27. The van der Waals surface area contributed by atoms with Crippen LogP contribution in [0.3, 0.4) is 0 Å². The first-order valence-corrected chi connectivity index (χ1v) is 10.1. The predicted octanol–water partition coefficient (Wildman–Crippen LogP) is 2.48. The molecule has 9 heteroatoms. The van der Waals surface area contributed by atoms with Crippen LogP contribution in [0.25, 0.3) is 0 Å². The molecule has 154 valence electrons. The second kappa shape index (κ2) is 9.13. The number of amides is 3. The van der Waals surface area contributed by atoms with Crippen LogP contribution in [0, 0.1) is 17.6 Å². The van der Waals surface area contributed by atoms with Gasteiger partial charge >= 0.3 is 0 Å². The zero-order valence-corrected chi connectivity index (χ0v) is 16.6. The average molecular weight is 421 g/mol. The van der Waals surface area contributed by atoms with Crippen molar-refractivity contribution < 1.29 is 23.2 Å². The maximum atomic E-state index is 13.6. The Morgan fingerprint density at radius 3 is 2.66 bits per heavy atom. The summed E-state index contributed by atoms with van der Waals surface area (Å²) in [5.74, 6) is -3.72. The Morgan fingerprint density at radius 1 is 1.21 bits per heavy atom. The number of nitrogens with zero attached hydrogens (tertiary/aromatic N) is 1. The van der Waals surface area contributed by atoms with Gasteiger partial charge in [0.25, 0.3) is 5.91 Å². The predicted molar refractivity (Wildman–Crippen MR) is 104 cm³/mol. The van der Waals surface area contributed by atoms with E-state index in [0.29, 0.717) is 24.3 Å². The summed E-state index contributed by atoms with van der Waals surface area (Å²) in [5, 5.41) is 6.85. The van der Waals surface area contributed by atoms with Crippen LogP contribution in [0.1, 0.15) is 34.1 Å². The van der Waals surface area contributed by atoms with Crippen molar-refractivity contribution in [1.29, 1.82) is 0 Å². The van der Waals surface area contributed by atoms with E-state index in [4.69, 9.17) is 0 Å². The zero-order valence-electron chi connectivity index (χ0n) is 15.8. The van der Waals surface area contributed by atoms with Gasteiger partial charge in [0.1, 0.15) is 6.04 Å². The number of likely N-dealkylation sites (tertiary alicyclic amines) is 1. The lowest BCUT2D eigenvalue weighted by atomic mass is 9.95. The first kappa shape index (κ1) is 20.9. The number of halogens is 2. The van der Waals surface area contributed by atoms with Crippen LogP contribution in [0.5, 0.6) is 0 Å². The number of rotatable bonds is 5. The highest BCUT2D eigenvalue weighted by atomic mass is 32.1. The topological polar surface area (TPSA) is 78.5 Å². The summed E-state index contributed by atoms with van der Waals surface area (Å²) in [6.07, 6.45) is 1.23. The third-order valence-electron chi connectivity index (χ3n) is 4.88. The Balaban J connectivity index is 1.72. The molecule has 1 aliphatic rings. The molecule has 0 radical (unpaired) electrons. The molecule has 0 aliphatic carbocycles. The van der Waals surface area contributed by atoms with Crippen molar-refractivity contribution in [1.82, 2.24) is 15.5 Å². The van der Waals surface area contributed by atoms with Crippen LogP contribution in [-0.2, 0) is 9.59 Å². The van der Waals surface area contributed by atoms with Crippen molar-refractivity contribution >= 4 is 29.1 Å². The summed E-state index contributed by atoms with van der Waals surface area (Å²) >= 11 is 1.34. The molecular formula is C20H21F2N3O3S. The van der Waals surface area contributed by atoms with Crippen molar-refractivity contribution in [2.45, 2.75) is 18.9 Å². The van der Waals surface area contributed by atoms with Gasteiger partial charge in [-0.05, 0) is 42.0 Å². The summed E-state index contributed by atoms with van der Waals surface area (Å²) in [5.41, 5.74) is 0.138. The standard InChI is InChI=1S/C20H21F2N3O3S/c1-23-19(27)17(12-6-7-14(21)15(22)10-12)24-18(26)13-4-2-8-25(11-13)20(28)16-5-3-9-29-16/h3,5-7,9-10,13,17H,2,4,8,11H2,1H3,(H,23,27)(H,24,26). The Hall–Kier alpha value is -2.81. The quantitative estimate of drug-likeness (QED) is 0.779. The molecule has 6 nitrogen and oxygen atoms in total. The molecule has 2 aromatic rings. The zero-order chi connectivity index (χ0) is 21.0. The fourth-order valence-corrected chi connectivity index (χ4v) is 4.02. The van der Waals surface area contributed by atoms with Gasteiger partial charge in [-0.25, -0.2) is 8.78 Å². The number of piperidine rings is 1. The monoisotopic (exact) mass is 421 g/mol. The fraction of sp³-hybridized carbons (Fsp3) is 0.350. The van der Waals surface area contributed by atoms with Gasteiger partial charge in [0.2, 0.25) is 11.8 Å². The second-order valence-electron chi connectivity index (χ2n) is 6.80. The van der Waals surface area contributed by atoms with Crippen LogP contribution >= 0.6 is 11.3 Å². The van der Waals surface area contributed by atoms with E-state index in [2.05, 4.69) is 10.6 Å². The molecule has 2 atom stereocenters. The fourth-order valence-electron chi connectivity index (χ4n) is 3.33. The number of likely N-dealkylation sites (N-methyl/N-ethyl adjacent to an activating group) is 1. The molecule has 1 aromatic carbocycles. The van der Waals surface area contributed by atoms with Gasteiger partial charge in [-0.15, -0.1) is 11.3 Å². The lowest BCUT2D eigenvalue weighted by Crippen LogP contribution is -2.48. The first-order valence-electron chi connectivity index (χ1n) is 9.20. The van der Waals surface area contributed by atoms with Crippen molar-refractivity contribution in [3.05, 3.63) is 57.8 Å². The molecule has 1 aliphatic heterocycles. The molecule has 1 fully saturated rings. The second-order valence-corrected chi connectivity index (χ2v) is 7.74. The highest BCUT2D eigenvalue weighted by molar-refractivity contribution is 7.12. The van der Waals surface area contributed by atoms with Crippen LogP contribution < -0.4 is 10.6 Å². The van der Waals surface area contributed by atoms with E-state index in [1.54, 1.807) is 17.0 Å². The number of nitrogens with one attached hydrogen (secondary N) is 2. The van der Waals surface area contributed by atoms with Gasteiger partial charge in [0.15, 0.2) is 11.6 Å². The van der Waals surface area contributed by atoms with Crippen LogP contribution in [0.15, 0.2) is 35.7 Å². The molecule has 1 aromatic heterocycles.